The minimum atomic E-state index is -0.00106. The summed E-state index contributed by atoms with van der Waals surface area (Å²) in [6.07, 6.45) is 0. The van der Waals surface area contributed by atoms with E-state index in [0.717, 1.165) is 17.1 Å². The summed E-state index contributed by atoms with van der Waals surface area (Å²) in [6, 6.07) is 18.9. The molecule has 30 heavy (non-hydrogen) atoms. The maximum atomic E-state index is 13.0. The number of carbonyl (C=O) groups is 1. The first-order chi connectivity index (χ1) is 14.7. The predicted octanol–water partition coefficient (Wildman–Crippen LogP) is 4.16. The summed E-state index contributed by atoms with van der Waals surface area (Å²) in [6.45, 7) is 5.07. The first-order valence-corrected chi connectivity index (χ1v) is 10.4. The molecule has 0 N–H and O–H groups in total. The van der Waals surface area contributed by atoms with Gasteiger partial charge in [-0.25, -0.2) is 0 Å². The number of amides is 1. The Morgan fingerprint density at radius 1 is 0.967 bits per heavy atom. The van der Waals surface area contributed by atoms with Crippen molar-refractivity contribution in [1.29, 1.82) is 0 Å². The molecular formula is C23H23ClN4O2. The zero-order valence-electron chi connectivity index (χ0n) is 16.8. The zero-order chi connectivity index (χ0) is 20.9. The molecule has 1 aliphatic heterocycles. The Bertz CT molecular complexity index is 1020. The van der Waals surface area contributed by atoms with Crippen LogP contribution in [0, 0.1) is 0 Å². The Kier molecular flexibility index (Phi) is 6.14. The Morgan fingerprint density at radius 2 is 1.70 bits per heavy atom. The second kappa shape index (κ2) is 9.13. The van der Waals surface area contributed by atoms with Gasteiger partial charge in [0.2, 0.25) is 0 Å². The average Bonchev–Trinajstić information content (AvgIpc) is 2.80. The average molecular weight is 423 g/mol. The van der Waals surface area contributed by atoms with E-state index in [4.69, 9.17) is 16.3 Å². The van der Waals surface area contributed by atoms with E-state index in [1.54, 1.807) is 0 Å². The summed E-state index contributed by atoms with van der Waals surface area (Å²) < 4.78 is 5.61. The Hall–Kier alpha value is -3.12. The van der Waals surface area contributed by atoms with Gasteiger partial charge in [0.1, 0.15) is 5.75 Å². The smallest absolute Gasteiger partial charge is 0.257 e. The lowest BCUT2D eigenvalue weighted by atomic mass is 10.1. The predicted molar refractivity (Wildman–Crippen MR) is 118 cm³/mol. The number of hydrogen-bond acceptors (Lipinski definition) is 5. The lowest BCUT2D eigenvalue weighted by molar-refractivity contribution is 0.0742. The van der Waals surface area contributed by atoms with Crippen molar-refractivity contribution in [2.24, 2.45) is 0 Å². The molecule has 1 aromatic heterocycles. The molecule has 0 spiro atoms. The van der Waals surface area contributed by atoms with Crippen LogP contribution in [-0.2, 0) is 0 Å². The number of ether oxygens (including phenoxy) is 1. The number of para-hydroxylation sites is 1. The summed E-state index contributed by atoms with van der Waals surface area (Å²) >= 11 is 6.25. The van der Waals surface area contributed by atoms with E-state index in [2.05, 4.69) is 15.1 Å². The maximum Gasteiger partial charge on any atom is 0.257 e. The fourth-order valence-electron chi connectivity index (χ4n) is 3.54. The van der Waals surface area contributed by atoms with Gasteiger partial charge in [0.05, 0.1) is 22.9 Å². The van der Waals surface area contributed by atoms with Crippen LogP contribution in [0.2, 0.25) is 5.02 Å². The highest BCUT2D eigenvalue weighted by atomic mass is 35.5. The van der Waals surface area contributed by atoms with Crippen LogP contribution in [0.5, 0.6) is 5.75 Å². The molecule has 7 heteroatoms. The lowest BCUT2D eigenvalue weighted by Crippen LogP contribution is -2.49. The summed E-state index contributed by atoms with van der Waals surface area (Å²) in [5, 5.41) is 9.38. The normalized spacial score (nSPS) is 13.9. The summed E-state index contributed by atoms with van der Waals surface area (Å²) in [5.41, 5.74) is 2.21. The maximum absolute atomic E-state index is 13.0. The molecule has 0 bridgehead atoms. The van der Waals surface area contributed by atoms with Crippen molar-refractivity contribution >= 4 is 23.3 Å². The third-order valence-corrected chi connectivity index (χ3v) is 5.44. The Morgan fingerprint density at radius 3 is 2.40 bits per heavy atom. The molecule has 1 saturated heterocycles. The van der Waals surface area contributed by atoms with Crippen molar-refractivity contribution in [2.45, 2.75) is 6.92 Å². The van der Waals surface area contributed by atoms with Crippen molar-refractivity contribution in [3.05, 3.63) is 71.2 Å². The molecule has 3 aromatic rings. The van der Waals surface area contributed by atoms with Gasteiger partial charge in [0.25, 0.3) is 5.91 Å². The Balaban J connectivity index is 1.41. The molecule has 2 aromatic carbocycles. The van der Waals surface area contributed by atoms with Gasteiger partial charge in [-0.1, -0.05) is 41.9 Å². The quantitative estimate of drug-likeness (QED) is 0.618. The molecule has 0 aliphatic carbocycles. The van der Waals surface area contributed by atoms with Crippen molar-refractivity contribution < 1.29 is 9.53 Å². The number of halogens is 1. The molecule has 0 atom stereocenters. The second-order valence-electron chi connectivity index (χ2n) is 6.97. The lowest BCUT2D eigenvalue weighted by Gasteiger charge is -2.35. The molecule has 0 saturated carbocycles. The molecule has 0 radical (unpaired) electrons. The third-order valence-electron chi connectivity index (χ3n) is 5.11. The molecule has 1 amide bonds. The second-order valence-corrected chi connectivity index (χ2v) is 7.37. The SMILES string of the molecule is CCOc1ccccc1C(=O)N1CCN(c2ccc(-c3ccccc3Cl)nn2)CC1. The van der Waals surface area contributed by atoms with Gasteiger partial charge in [-0.05, 0) is 37.3 Å². The van der Waals surface area contributed by atoms with Crippen LogP contribution in [0.15, 0.2) is 60.7 Å². The van der Waals surface area contributed by atoms with E-state index in [9.17, 15) is 4.79 Å². The van der Waals surface area contributed by atoms with Gasteiger partial charge >= 0.3 is 0 Å². The minimum Gasteiger partial charge on any atom is -0.493 e. The molecule has 1 aliphatic rings. The van der Waals surface area contributed by atoms with Crippen LogP contribution in [-0.4, -0.2) is 53.8 Å². The van der Waals surface area contributed by atoms with Crippen molar-refractivity contribution in [2.75, 3.05) is 37.7 Å². The molecule has 4 rings (SSSR count). The topological polar surface area (TPSA) is 58.6 Å². The van der Waals surface area contributed by atoms with Gasteiger partial charge < -0.3 is 14.5 Å². The van der Waals surface area contributed by atoms with E-state index in [1.807, 2.05) is 72.5 Å². The van der Waals surface area contributed by atoms with E-state index < -0.39 is 0 Å². The summed E-state index contributed by atoms with van der Waals surface area (Å²) in [4.78, 5) is 17.0. The fourth-order valence-corrected chi connectivity index (χ4v) is 3.77. The van der Waals surface area contributed by atoms with Crippen LogP contribution >= 0.6 is 11.6 Å². The van der Waals surface area contributed by atoms with E-state index in [0.29, 0.717) is 49.1 Å². The van der Waals surface area contributed by atoms with Crippen LogP contribution in [0.25, 0.3) is 11.3 Å². The van der Waals surface area contributed by atoms with E-state index >= 15 is 0 Å². The summed E-state index contributed by atoms with van der Waals surface area (Å²) in [5.74, 6) is 1.43. The fraction of sp³-hybridized carbons (Fsp3) is 0.261. The van der Waals surface area contributed by atoms with Gasteiger partial charge in [0, 0.05) is 31.7 Å². The molecule has 154 valence electrons. The minimum absolute atomic E-state index is 0.00106. The van der Waals surface area contributed by atoms with Crippen molar-refractivity contribution in [3.63, 3.8) is 0 Å². The first-order valence-electron chi connectivity index (χ1n) is 10.0. The molecule has 2 heterocycles. The monoisotopic (exact) mass is 422 g/mol. The largest absolute Gasteiger partial charge is 0.493 e. The molecular weight excluding hydrogens is 400 g/mol. The van der Waals surface area contributed by atoms with Gasteiger partial charge in [0.15, 0.2) is 5.82 Å². The van der Waals surface area contributed by atoms with Crippen LogP contribution in [0.1, 0.15) is 17.3 Å². The number of hydrogen-bond donors (Lipinski definition) is 0. The van der Waals surface area contributed by atoms with Crippen molar-refractivity contribution in [3.8, 4) is 17.0 Å². The number of benzene rings is 2. The number of carbonyl (C=O) groups excluding carboxylic acids is 1. The number of piperazine rings is 1. The van der Waals surface area contributed by atoms with Gasteiger partial charge in [-0.3, -0.25) is 4.79 Å². The number of nitrogens with zero attached hydrogens (tertiary/aromatic N) is 4. The van der Waals surface area contributed by atoms with Crippen LogP contribution in [0.4, 0.5) is 5.82 Å². The van der Waals surface area contributed by atoms with Gasteiger partial charge in [-0.2, -0.15) is 0 Å². The van der Waals surface area contributed by atoms with E-state index in [-0.39, 0.29) is 5.91 Å². The van der Waals surface area contributed by atoms with Crippen LogP contribution < -0.4 is 9.64 Å². The highest BCUT2D eigenvalue weighted by molar-refractivity contribution is 6.33. The van der Waals surface area contributed by atoms with Crippen LogP contribution in [0.3, 0.4) is 0 Å². The molecule has 1 fully saturated rings. The number of rotatable bonds is 5. The van der Waals surface area contributed by atoms with Crippen molar-refractivity contribution in [1.82, 2.24) is 15.1 Å². The standard InChI is InChI=1S/C23H23ClN4O2/c1-2-30-21-10-6-4-8-18(21)23(29)28-15-13-27(14-16-28)22-12-11-20(25-26-22)17-7-3-5-9-19(17)24/h3-12H,2,13-16H2,1H3. The Labute approximate surface area is 181 Å². The molecule has 0 unspecified atom stereocenters. The van der Waals surface area contributed by atoms with E-state index in [1.165, 1.54) is 0 Å². The zero-order valence-corrected chi connectivity index (χ0v) is 17.5. The highest BCUT2D eigenvalue weighted by Crippen LogP contribution is 2.26. The number of aromatic nitrogens is 2. The molecule has 6 nitrogen and oxygen atoms in total. The number of anilines is 1. The third kappa shape index (κ3) is 4.24. The highest BCUT2D eigenvalue weighted by Gasteiger charge is 2.25. The summed E-state index contributed by atoms with van der Waals surface area (Å²) in [7, 11) is 0. The first kappa shape index (κ1) is 20.2. The van der Waals surface area contributed by atoms with Gasteiger partial charge in [-0.15, -0.1) is 10.2 Å².